The van der Waals surface area contributed by atoms with E-state index in [0.717, 1.165) is 22.3 Å². The van der Waals surface area contributed by atoms with Crippen LogP contribution in [0.4, 0.5) is 0 Å². The van der Waals surface area contributed by atoms with E-state index < -0.39 is 24.0 Å². The molecule has 0 heterocycles. The van der Waals surface area contributed by atoms with E-state index in [9.17, 15) is 9.59 Å². The number of methoxy groups -OCH3 is 1. The van der Waals surface area contributed by atoms with Gasteiger partial charge in [-0.3, -0.25) is 9.59 Å². The number of halogens is 1. The standard InChI is InChI=1S/C19H22N2O4.ClH/c1-25-19(24)17(21)11-13-4-8-15(9-5-13)14-6-2-12(3-7-14)10-16(20)18(22)23;/h2-9,16-17H,10-11,20-21H2,1H3,(H,22,23);1H/t16-,17-;/m0./s1. The van der Waals surface area contributed by atoms with Crippen LogP contribution in [0.5, 0.6) is 0 Å². The third-order valence-electron chi connectivity index (χ3n) is 3.97. The molecule has 0 fully saturated rings. The van der Waals surface area contributed by atoms with Crippen molar-refractivity contribution in [2.75, 3.05) is 7.11 Å². The number of aliphatic carboxylic acids is 1. The molecule has 0 aliphatic carbocycles. The summed E-state index contributed by atoms with van der Waals surface area (Å²) in [6.45, 7) is 0. The molecule has 6 nitrogen and oxygen atoms in total. The molecular weight excluding hydrogens is 356 g/mol. The van der Waals surface area contributed by atoms with Gasteiger partial charge in [-0.15, -0.1) is 12.4 Å². The lowest BCUT2D eigenvalue weighted by Gasteiger charge is -2.10. The number of benzene rings is 2. The number of carbonyl (C=O) groups excluding carboxylic acids is 1. The van der Waals surface area contributed by atoms with Crippen LogP contribution in [0.2, 0.25) is 0 Å². The Labute approximate surface area is 158 Å². The van der Waals surface area contributed by atoms with E-state index in [2.05, 4.69) is 4.74 Å². The molecule has 2 aromatic rings. The van der Waals surface area contributed by atoms with Crippen LogP contribution in [-0.2, 0) is 27.2 Å². The maximum Gasteiger partial charge on any atom is 0.322 e. The minimum absolute atomic E-state index is 0. The van der Waals surface area contributed by atoms with Crippen LogP contribution in [0.3, 0.4) is 0 Å². The molecule has 7 heteroatoms. The van der Waals surface area contributed by atoms with E-state index in [4.69, 9.17) is 16.6 Å². The van der Waals surface area contributed by atoms with E-state index in [1.807, 2.05) is 48.5 Å². The van der Waals surface area contributed by atoms with Gasteiger partial charge in [-0.2, -0.15) is 0 Å². The van der Waals surface area contributed by atoms with Gasteiger partial charge in [0.05, 0.1) is 7.11 Å². The Morgan fingerprint density at radius 3 is 1.62 bits per heavy atom. The van der Waals surface area contributed by atoms with Gasteiger partial charge in [-0.1, -0.05) is 48.5 Å². The fourth-order valence-electron chi connectivity index (χ4n) is 2.50. The van der Waals surface area contributed by atoms with Gasteiger partial charge in [0.25, 0.3) is 0 Å². The molecule has 0 bridgehead atoms. The zero-order valence-electron chi connectivity index (χ0n) is 14.4. The second-order valence-corrected chi connectivity index (χ2v) is 5.88. The van der Waals surface area contributed by atoms with Crippen LogP contribution in [-0.4, -0.2) is 36.2 Å². The highest BCUT2D eigenvalue weighted by atomic mass is 35.5. The number of esters is 1. The Morgan fingerprint density at radius 2 is 1.27 bits per heavy atom. The molecule has 0 spiro atoms. The van der Waals surface area contributed by atoms with Crippen molar-refractivity contribution in [3.63, 3.8) is 0 Å². The van der Waals surface area contributed by atoms with Crippen LogP contribution in [0.25, 0.3) is 11.1 Å². The molecule has 0 radical (unpaired) electrons. The lowest BCUT2D eigenvalue weighted by atomic mass is 9.98. The molecule has 0 aromatic heterocycles. The Bertz CT molecular complexity index is 732. The van der Waals surface area contributed by atoms with Gasteiger partial charge in [0, 0.05) is 0 Å². The molecule has 2 aromatic carbocycles. The number of ether oxygens (including phenoxy) is 1. The fourth-order valence-corrected chi connectivity index (χ4v) is 2.50. The van der Waals surface area contributed by atoms with E-state index in [1.165, 1.54) is 7.11 Å². The number of hydrogen-bond acceptors (Lipinski definition) is 5. The Balaban J connectivity index is 0.00000338. The van der Waals surface area contributed by atoms with Gasteiger partial charge in [0.2, 0.25) is 0 Å². The number of rotatable bonds is 7. The van der Waals surface area contributed by atoms with Crippen molar-refractivity contribution in [2.24, 2.45) is 11.5 Å². The van der Waals surface area contributed by atoms with Crippen molar-refractivity contribution in [3.05, 3.63) is 59.7 Å². The molecule has 0 aliphatic rings. The summed E-state index contributed by atoms with van der Waals surface area (Å²) in [5.41, 5.74) is 15.2. The third kappa shape index (κ3) is 5.84. The van der Waals surface area contributed by atoms with Crippen LogP contribution in [0.15, 0.2) is 48.5 Å². The summed E-state index contributed by atoms with van der Waals surface area (Å²) in [5.74, 6) is -1.44. The highest BCUT2D eigenvalue weighted by Crippen LogP contribution is 2.21. The van der Waals surface area contributed by atoms with Crippen LogP contribution in [0, 0.1) is 0 Å². The Kier molecular flexibility index (Phi) is 8.25. The van der Waals surface area contributed by atoms with Gasteiger partial charge in [0.1, 0.15) is 12.1 Å². The third-order valence-corrected chi connectivity index (χ3v) is 3.97. The minimum Gasteiger partial charge on any atom is -0.480 e. The lowest BCUT2D eigenvalue weighted by Crippen LogP contribution is -2.33. The molecule has 0 saturated carbocycles. The molecule has 0 aliphatic heterocycles. The number of carboxylic acid groups (broad SMARTS) is 1. The molecule has 0 saturated heterocycles. The maximum absolute atomic E-state index is 11.4. The van der Waals surface area contributed by atoms with Gasteiger partial charge in [0.15, 0.2) is 0 Å². The summed E-state index contributed by atoms with van der Waals surface area (Å²) in [4.78, 5) is 22.2. The summed E-state index contributed by atoms with van der Waals surface area (Å²) in [7, 11) is 1.32. The smallest absolute Gasteiger partial charge is 0.322 e. The number of hydrogen-bond donors (Lipinski definition) is 3. The first-order valence-electron chi connectivity index (χ1n) is 7.90. The van der Waals surface area contributed by atoms with Crippen molar-refractivity contribution in [2.45, 2.75) is 24.9 Å². The second kappa shape index (κ2) is 9.91. The van der Waals surface area contributed by atoms with E-state index in [1.54, 1.807) is 0 Å². The second-order valence-electron chi connectivity index (χ2n) is 5.88. The zero-order valence-corrected chi connectivity index (χ0v) is 15.2. The topological polar surface area (TPSA) is 116 Å². The first-order valence-corrected chi connectivity index (χ1v) is 7.90. The molecule has 2 atom stereocenters. The molecule has 26 heavy (non-hydrogen) atoms. The van der Waals surface area contributed by atoms with E-state index in [0.29, 0.717) is 12.8 Å². The average molecular weight is 379 g/mol. The SMILES string of the molecule is COC(=O)[C@@H](N)Cc1ccc(-c2ccc(C[C@H](N)C(=O)O)cc2)cc1.Cl. The average Bonchev–Trinajstić information content (AvgIpc) is 2.62. The molecule has 0 amide bonds. The van der Waals surface area contributed by atoms with Crippen molar-refractivity contribution in [1.29, 1.82) is 0 Å². The molecule has 5 N–H and O–H groups in total. The van der Waals surface area contributed by atoms with Gasteiger partial charge >= 0.3 is 11.9 Å². The monoisotopic (exact) mass is 378 g/mol. The number of carbonyl (C=O) groups is 2. The quantitative estimate of drug-likeness (QED) is 0.632. The molecule has 2 rings (SSSR count). The summed E-state index contributed by atoms with van der Waals surface area (Å²) in [6.07, 6.45) is 0.707. The van der Waals surface area contributed by atoms with Crippen molar-refractivity contribution in [3.8, 4) is 11.1 Å². The minimum atomic E-state index is -1.01. The molecule has 140 valence electrons. The molecule has 0 unspecified atom stereocenters. The van der Waals surface area contributed by atoms with Gasteiger partial charge in [-0.05, 0) is 35.1 Å². The largest absolute Gasteiger partial charge is 0.480 e. The number of nitrogens with two attached hydrogens (primary N) is 2. The van der Waals surface area contributed by atoms with E-state index >= 15 is 0 Å². The highest BCUT2D eigenvalue weighted by molar-refractivity contribution is 5.85. The predicted octanol–water partition coefficient (Wildman–Crippen LogP) is 1.77. The zero-order chi connectivity index (χ0) is 18.4. The fraction of sp³-hybridized carbons (Fsp3) is 0.263. The van der Waals surface area contributed by atoms with Gasteiger partial charge < -0.3 is 21.3 Å². The summed E-state index contributed by atoms with van der Waals surface area (Å²) in [6, 6.07) is 13.8. The van der Waals surface area contributed by atoms with Gasteiger partial charge in [-0.25, -0.2) is 0 Å². The highest BCUT2D eigenvalue weighted by Gasteiger charge is 2.14. The van der Waals surface area contributed by atoms with E-state index in [-0.39, 0.29) is 12.4 Å². The van der Waals surface area contributed by atoms with Crippen molar-refractivity contribution in [1.82, 2.24) is 0 Å². The summed E-state index contributed by atoms with van der Waals surface area (Å²) >= 11 is 0. The van der Waals surface area contributed by atoms with Crippen molar-refractivity contribution >= 4 is 24.3 Å². The van der Waals surface area contributed by atoms with Crippen LogP contribution < -0.4 is 11.5 Å². The molecular formula is C19H23ClN2O4. The van der Waals surface area contributed by atoms with Crippen molar-refractivity contribution < 1.29 is 19.4 Å². The Morgan fingerprint density at radius 1 is 0.885 bits per heavy atom. The lowest BCUT2D eigenvalue weighted by molar-refractivity contribution is -0.142. The summed E-state index contributed by atoms with van der Waals surface area (Å²) in [5, 5.41) is 8.85. The maximum atomic E-state index is 11.4. The first kappa shape index (κ1) is 21.6. The predicted molar refractivity (Wildman–Crippen MR) is 102 cm³/mol. The normalized spacial score (nSPS) is 12.6. The summed E-state index contributed by atoms with van der Waals surface area (Å²) < 4.78 is 4.62. The first-order chi connectivity index (χ1) is 11.9. The Hall–Kier alpha value is -2.41. The number of carboxylic acids is 1. The van der Waals surface area contributed by atoms with Crippen LogP contribution in [0.1, 0.15) is 11.1 Å². The van der Waals surface area contributed by atoms with Crippen LogP contribution >= 0.6 is 12.4 Å².